The SMILES string of the molecule is CC(=O)NC[C@@H]1OC(=O)N2c3ccc(-c4ccc([C@@]5(C#N)[C@@H]6CN(C(=O)COC(C)=O)C[C@@H]65)nc4)cc3C[C@@H]12. The lowest BCUT2D eigenvalue weighted by Crippen LogP contribution is -2.40. The van der Waals surface area contributed by atoms with Crippen LogP contribution in [0.1, 0.15) is 25.1 Å². The number of carbonyl (C=O) groups excluding carboxylic acids is 4. The Morgan fingerprint density at radius 1 is 1.18 bits per heavy atom. The smallest absolute Gasteiger partial charge is 0.415 e. The van der Waals surface area contributed by atoms with E-state index in [9.17, 15) is 24.4 Å². The number of anilines is 1. The minimum atomic E-state index is -0.720. The lowest BCUT2D eigenvalue weighted by atomic mass is 9.95. The molecule has 11 heteroatoms. The Labute approximate surface area is 224 Å². The van der Waals surface area contributed by atoms with Crippen LogP contribution < -0.4 is 10.2 Å². The Bertz CT molecular complexity index is 1420. The summed E-state index contributed by atoms with van der Waals surface area (Å²) in [5.74, 6) is -0.919. The molecule has 6 rings (SSSR count). The van der Waals surface area contributed by atoms with Gasteiger partial charge in [0, 0.05) is 50.5 Å². The van der Waals surface area contributed by atoms with Crippen molar-refractivity contribution in [1.29, 1.82) is 5.26 Å². The Morgan fingerprint density at radius 2 is 1.92 bits per heavy atom. The largest absolute Gasteiger partial charge is 0.456 e. The minimum Gasteiger partial charge on any atom is -0.456 e. The van der Waals surface area contributed by atoms with Gasteiger partial charge in [0.05, 0.1) is 30.0 Å². The number of fused-ring (bicyclic) bond motifs is 4. The van der Waals surface area contributed by atoms with Gasteiger partial charge in [0.1, 0.15) is 11.5 Å². The van der Waals surface area contributed by atoms with E-state index < -0.39 is 23.6 Å². The van der Waals surface area contributed by atoms with Crippen LogP contribution in [0.2, 0.25) is 0 Å². The molecular weight excluding hydrogens is 502 g/mol. The maximum absolute atomic E-state index is 12.5. The number of carbonyl (C=O) groups is 4. The van der Waals surface area contributed by atoms with Crippen molar-refractivity contribution in [2.45, 2.75) is 37.8 Å². The van der Waals surface area contributed by atoms with E-state index in [4.69, 9.17) is 9.47 Å². The number of likely N-dealkylation sites (tertiary alicyclic amines) is 1. The number of esters is 1. The minimum absolute atomic E-state index is 0.000718. The lowest BCUT2D eigenvalue weighted by Gasteiger charge is -2.22. The second kappa shape index (κ2) is 9.08. The number of benzene rings is 1. The van der Waals surface area contributed by atoms with Crippen LogP contribution in [0.15, 0.2) is 36.5 Å². The zero-order chi connectivity index (χ0) is 27.5. The summed E-state index contributed by atoms with van der Waals surface area (Å²) in [6, 6.07) is 12.0. The fourth-order valence-corrected chi connectivity index (χ4v) is 6.38. The summed E-state index contributed by atoms with van der Waals surface area (Å²) >= 11 is 0. The lowest BCUT2D eigenvalue weighted by molar-refractivity contribution is -0.150. The summed E-state index contributed by atoms with van der Waals surface area (Å²) in [5, 5.41) is 12.8. The molecule has 0 radical (unpaired) electrons. The van der Waals surface area contributed by atoms with E-state index in [0.717, 1.165) is 22.4 Å². The van der Waals surface area contributed by atoms with E-state index in [0.29, 0.717) is 25.2 Å². The summed E-state index contributed by atoms with van der Waals surface area (Å²) in [4.78, 5) is 55.1. The predicted octanol–water partition coefficient (Wildman–Crippen LogP) is 1.55. The van der Waals surface area contributed by atoms with E-state index in [1.165, 1.54) is 13.8 Å². The molecule has 0 unspecified atom stereocenters. The van der Waals surface area contributed by atoms with E-state index in [1.54, 1.807) is 16.0 Å². The zero-order valence-electron chi connectivity index (χ0n) is 21.5. The Kier molecular flexibility index (Phi) is 5.79. The van der Waals surface area contributed by atoms with Gasteiger partial charge in [-0.3, -0.25) is 24.3 Å². The number of amides is 3. The van der Waals surface area contributed by atoms with Gasteiger partial charge in [0.25, 0.3) is 5.91 Å². The van der Waals surface area contributed by atoms with E-state index in [1.807, 2.05) is 30.3 Å². The first-order valence-corrected chi connectivity index (χ1v) is 12.9. The summed E-state index contributed by atoms with van der Waals surface area (Å²) in [7, 11) is 0. The van der Waals surface area contributed by atoms with Crippen molar-refractivity contribution < 1.29 is 28.7 Å². The molecule has 1 aromatic carbocycles. The highest BCUT2D eigenvalue weighted by Gasteiger charge is 2.71. The number of hydrogen-bond acceptors (Lipinski definition) is 8. The highest BCUT2D eigenvalue weighted by Crippen LogP contribution is 2.62. The molecule has 11 nitrogen and oxygen atoms in total. The third-order valence-electron chi connectivity index (χ3n) is 8.37. The molecule has 4 heterocycles. The standard InChI is InChI=1S/C28H27N5O6/c1-15(34)30-10-24-23-8-19-7-17(3-5-22(19)33(23)27(37)39-24)18-4-6-25(31-9-18)28(14-29)20-11-32(12-21(20)28)26(36)13-38-16(2)35/h3-7,9,20-21,23-24H,8,10-13H2,1-2H3,(H,30,34)/t20-,21+,23-,24-,28+/m0/s1. The average molecular weight is 530 g/mol. The first-order chi connectivity index (χ1) is 18.7. The van der Waals surface area contributed by atoms with Gasteiger partial charge >= 0.3 is 12.1 Å². The van der Waals surface area contributed by atoms with Crippen LogP contribution in [-0.4, -0.2) is 72.1 Å². The van der Waals surface area contributed by atoms with Crippen molar-refractivity contribution >= 4 is 29.6 Å². The summed E-state index contributed by atoms with van der Waals surface area (Å²) in [6.45, 7) is 3.57. The van der Waals surface area contributed by atoms with Crippen molar-refractivity contribution in [3.8, 4) is 17.2 Å². The number of cyclic esters (lactones) is 1. The van der Waals surface area contributed by atoms with Gasteiger partial charge in [-0.1, -0.05) is 12.1 Å². The molecule has 0 spiro atoms. The van der Waals surface area contributed by atoms with Gasteiger partial charge in [-0.15, -0.1) is 0 Å². The van der Waals surface area contributed by atoms with Crippen LogP contribution in [0.5, 0.6) is 0 Å². The maximum Gasteiger partial charge on any atom is 0.415 e. The number of piperidine rings is 1. The third-order valence-corrected chi connectivity index (χ3v) is 8.37. The molecule has 1 aromatic heterocycles. The first-order valence-electron chi connectivity index (χ1n) is 12.9. The van der Waals surface area contributed by atoms with Crippen molar-refractivity contribution in [1.82, 2.24) is 15.2 Å². The van der Waals surface area contributed by atoms with Crippen LogP contribution in [0.4, 0.5) is 10.5 Å². The second-order valence-electron chi connectivity index (χ2n) is 10.5. The van der Waals surface area contributed by atoms with Gasteiger partial charge in [0.15, 0.2) is 6.61 Å². The molecule has 1 aliphatic carbocycles. The van der Waals surface area contributed by atoms with Gasteiger partial charge < -0.3 is 19.7 Å². The van der Waals surface area contributed by atoms with Gasteiger partial charge in [-0.05, 0) is 35.7 Å². The van der Waals surface area contributed by atoms with Gasteiger partial charge in [-0.25, -0.2) is 4.79 Å². The van der Waals surface area contributed by atoms with Crippen molar-refractivity contribution in [2.75, 3.05) is 31.1 Å². The van der Waals surface area contributed by atoms with Crippen molar-refractivity contribution in [2.24, 2.45) is 11.8 Å². The van der Waals surface area contributed by atoms with Crippen LogP contribution in [0.25, 0.3) is 11.1 Å². The second-order valence-corrected chi connectivity index (χ2v) is 10.5. The van der Waals surface area contributed by atoms with Crippen LogP contribution >= 0.6 is 0 Å². The summed E-state index contributed by atoms with van der Waals surface area (Å²) in [6.07, 6.45) is 1.57. The average Bonchev–Trinajstić information content (AvgIpc) is 3.28. The Balaban J connectivity index is 1.15. The number of nitriles is 1. The highest BCUT2D eigenvalue weighted by atomic mass is 16.6. The molecule has 3 amide bonds. The molecule has 4 aliphatic rings. The van der Waals surface area contributed by atoms with Crippen LogP contribution in [0, 0.1) is 23.2 Å². The number of aromatic nitrogens is 1. The fourth-order valence-electron chi connectivity index (χ4n) is 6.38. The molecule has 3 aliphatic heterocycles. The Hall–Kier alpha value is -4.46. The molecule has 0 bridgehead atoms. The number of nitrogens with one attached hydrogen (secondary N) is 1. The highest BCUT2D eigenvalue weighted by molar-refractivity contribution is 5.94. The van der Waals surface area contributed by atoms with Crippen LogP contribution in [0.3, 0.4) is 0 Å². The monoisotopic (exact) mass is 529 g/mol. The predicted molar refractivity (Wildman–Crippen MR) is 136 cm³/mol. The fraction of sp³-hybridized carbons (Fsp3) is 0.429. The molecule has 3 fully saturated rings. The van der Waals surface area contributed by atoms with Crippen LogP contribution in [-0.2, 0) is 35.7 Å². The molecule has 200 valence electrons. The van der Waals surface area contributed by atoms with Crippen molar-refractivity contribution in [3.05, 3.63) is 47.8 Å². The van der Waals surface area contributed by atoms with E-state index >= 15 is 0 Å². The normalized spacial score (nSPS) is 27.7. The molecular formula is C28H27N5O6. The molecule has 2 saturated heterocycles. The molecule has 39 heavy (non-hydrogen) atoms. The Morgan fingerprint density at radius 3 is 2.56 bits per heavy atom. The zero-order valence-corrected chi connectivity index (χ0v) is 21.5. The van der Waals surface area contributed by atoms with E-state index in [-0.39, 0.29) is 42.8 Å². The number of ether oxygens (including phenoxy) is 2. The first kappa shape index (κ1) is 24.9. The van der Waals surface area contributed by atoms with E-state index in [2.05, 4.69) is 16.4 Å². The van der Waals surface area contributed by atoms with Gasteiger partial charge in [0.2, 0.25) is 5.91 Å². The summed E-state index contributed by atoms with van der Waals surface area (Å²) < 4.78 is 10.3. The molecule has 1 saturated carbocycles. The number of hydrogen-bond donors (Lipinski definition) is 1. The maximum atomic E-state index is 12.5. The number of pyridine rings is 1. The number of rotatable bonds is 6. The summed E-state index contributed by atoms with van der Waals surface area (Å²) in [5.41, 5.74) is 3.65. The third kappa shape index (κ3) is 3.98. The number of nitrogens with zero attached hydrogens (tertiary/aromatic N) is 4. The molecule has 1 N–H and O–H groups in total. The topological polar surface area (TPSA) is 142 Å². The molecule has 2 aromatic rings. The quantitative estimate of drug-likeness (QED) is 0.556. The van der Waals surface area contributed by atoms with Gasteiger partial charge in [-0.2, -0.15) is 5.26 Å². The molecule has 5 atom stereocenters. The van der Waals surface area contributed by atoms with Crippen molar-refractivity contribution in [3.63, 3.8) is 0 Å².